The Hall–Kier alpha value is -3.18. The lowest BCUT2D eigenvalue weighted by atomic mass is 10.1. The van der Waals surface area contributed by atoms with Gasteiger partial charge in [-0.25, -0.2) is 0 Å². The van der Waals surface area contributed by atoms with E-state index in [1.165, 1.54) is 0 Å². The maximum Gasteiger partial charge on any atom is 0.306 e. The van der Waals surface area contributed by atoms with E-state index in [2.05, 4.69) is 0 Å². The summed E-state index contributed by atoms with van der Waals surface area (Å²) in [7, 11) is 0. The molecule has 296 valence electrons. The Morgan fingerprint density at radius 2 is 0.529 bits per heavy atom. The molecule has 0 aliphatic heterocycles. The third kappa shape index (κ3) is 33.7. The molecule has 12 heteroatoms. The average Bonchev–Trinajstić information content (AvgIpc) is 3.03. The van der Waals surface area contributed by atoms with Crippen LogP contribution in [0, 0.1) is 0 Å². The Bertz CT molecular complexity index is 923. The first-order chi connectivity index (χ1) is 24.3. The summed E-state index contributed by atoms with van der Waals surface area (Å²) in [5, 5.41) is 0. The van der Waals surface area contributed by atoms with Crippen molar-refractivity contribution in [1.82, 2.24) is 0 Å². The minimum atomic E-state index is -0.909. The number of carbonyl (C=O) groups is 6. The molecule has 0 aromatic carbocycles. The first-order valence-corrected chi connectivity index (χ1v) is 19.4. The van der Waals surface area contributed by atoms with E-state index >= 15 is 0 Å². The summed E-state index contributed by atoms with van der Waals surface area (Å²) >= 11 is 0. The zero-order valence-electron chi connectivity index (χ0n) is 32.5. The van der Waals surface area contributed by atoms with Crippen molar-refractivity contribution in [3.05, 3.63) is 0 Å². The van der Waals surface area contributed by atoms with Gasteiger partial charge < -0.3 is 28.4 Å². The second-order valence-electron chi connectivity index (χ2n) is 13.9. The number of hydrogen-bond acceptors (Lipinski definition) is 12. The molecule has 12 nitrogen and oxygen atoms in total. The van der Waals surface area contributed by atoms with E-state index in [1.54, 1.807) is 0 Å². The lowest BCUT2D eigenvalue weighted by molar-refractivity contribution is -0.167. The van der Waals surface area contributed by atoms with E-state index in [4.69, 9.17) is 28.4 Å². The molecule has 0 heterocycles. The molecule has 0 atom stereocenters. The fourth-order valence-electron chi connectivity index (χ4n) is 5.05. The predicted molar refractivity (Wildman–Crippen MR) is 192 cm³/mol. The number of ether oxygens (including phenoxy) is 6. The Kier molecular flexibility index (Phi) is 29.6. The van der Waals surface area contributed by atoms with E-state index in [1.807, 2.05) is 41.5 Å². The maximum absolute atomic E-state index is 12.6. The van der Waals surface area contributed by atoms with Crippen LogP contribution in [0.2, 0.25) is 0 Å². The number of hydrogen-bond donors (Lipinski definition) is 0. The van der Waals surface area contributed by atoms with Crippen LogP contribution in [0.4, 0.5) is 0 Å². The van der Waals surface area contributed by atoms with Crippen LogP contribution in [0.5, 0.6) is 0 Å². The molecule has 0 rings (SSSR count). The third-order valence-electron chi connectivity index (χ3n) is 7.55. The van der Waals surface area contributed by atoms with Crippen LogP contribution in [0.3, 0.4) is 0 Å². The van der Waals surface area contributed by atoms with E-state index in [-0.39, 0.29) is 68.7 Å². The van der Waals surface area contributed by atoms with E-state index in [0.29, 0.717) is 38.5 Å². The molecule has 0 amide bonds. The van der Waals surface area contributed by atoms with Crippen molar-refractivity contribution in [3.8, 4) is 0 Å². The van der Waals surface area contributed by atoms with Crippen LogP contribution in [-0.4, -0.2) is 73.4 Å². The van der Waals surface area contributed by atoms with Gasteiger partial charge in [0.15, 0.2) is 6.10 Å². The Morgan fingerprint density at radius 3 is 0.784 bits per heavy atom. The van der Waals surface area contributed by atoms with Gasteiger partial charge in [-0.05, 0) is 80.1 Å². The molecule has 0 N–H and O–H groups in total. The van der Waals surface area contributed by atoms with Gasteiger partial charge in [0.25, 0.3) is 0 Å². The van der Waals surface area contributed by atoms with Gasteiger partial charge in [0, 0.05) is 38.5 Å². The highest BCUT2D eigenvalue weighted by atomic mass is 16.6. The fraction of sp³-hybridized carbons (Fsp3) is 0.846. The molecule has 0 spiro atoms. The topological polar surface area (TPSA) is 158 Å². The van der Waals surface area contributed by atoms with Crippen molar-refractivity contribution in [2.75, 3.05) is 13.2 Å². The summed E-state index contributed by atoms with van der Waals surface area (Å²) in [5.41, 5.74) is 0. The van der Waals surface area contributed by atoms with Gasteiger partial charge in [0.05, 0.1) is 18.3 Å². The standard InChI is InChI=1S/C39H68O12/c1-30(2)48-36(42)24-18-12-7-10-16-22-34(40)46-28-33(51-39(45)27-21-15-9-14-20-26-38(44)50-32(5)6)29-47-35(41)23-17-11-8-13-19-25-37(43)49-31(3)4/h30-33H,7-29H2,1-6H3. The zero-order chi connectivity index (χ0) is 38.3. The molecule has 0 unspecified atom stereocenters. The summed E-state index contributed by atoms with van der Waals surface area (Å²) in [5.74, 6) is -1.88. The molecule has 0 aromatic rings. The third-order valence-corrected chi connectivity index (χ3v) is 7.55. The van der Waals surface area contributed by atoms with Crippen LogP contribution in [0.25, 0.3) is 0 Å². The van der Waals surface area contributed by atoms with Crippen LogP contribution >= 0.6 is 0 Å². The van der Waals surface area contributed by atoms with E-state index in [9.17, 15) is 28.8 Å². The summed E-state index contributed by atoms with van der Waals surface area (Å²) in [6, 6.07) is 0. The van der Waals surface area contributed by atoms with Crippen molar-refractivity contribution < 1.29 is 57.2 Å². The minimum Gasteiger partial charge on any atom is -0.463 e. The van der Waals surface area contributed by atoms with Gasteiger partial charge in [-0.15, -0.1) is 0 Å². The van der Waals surface area contributed by atoms with Crippen LogP contribution in [0.15, 0.2) is 0 Å². The SMILES string of the molecule is CC(C)OC(=O)CCCCCCCC(=O)OCC(COC(=O)CCCCCCCC(=O)OC(C)C)OC(=O)CCCCCCCC(=O)OC(C)C. The number of unbranched alkanes of at least 4 members (excludes halogenated alkanes) is 12. The molecule has 0 saturated carbocycles. The van der Waals surface area contributed by atoms with Crippen molar-refractivity contribution in [1.29, 1.82) is 0 Å². The molecule has 0 aromatic heterocycles. The summed E-state index contributed by atoms with van der Waals surface area (Å²) < 4.78 is 31.7. The molecule has 0 radical (unpaired) electrons. The van der Waals surface area contributed by atoms with Crippen LogP contribution in [-0.2, 0) is 57.2 Å². The lowest BCUT2D eigenvalue weighted by Crippen LogP contribution is -2.30. The molecule has 0 aliphatic rings. The quantitative estimate of drug-likeness (QED) is 0.0374. The van der Waals surface area contributed by atoms with Gasteiger partial charge in [-0.3, -0.25) is 28.8 Å². The lowest BCUT2D eigenvalue weighted by Gasteiger charge is -2.18. The molecule has 51 heavy (non-hydrogen) atoms. The summed E-state index contributed by atoms with van der Waals surface area (Å²) in [6.07, 6.45) is 12.3. The highest BCUT2D eigenvalue weighted by Gasteiger charge is 2.20. The Morgan fingerprint density at radius 1 is 0.314 bits per heavy atom. The van der Waals surface area contributed by atoms with E-state index in [0.717, 1.165) is 77.0 Å². The van der Waals surface area contributed by atoms with Gasteiger partial charge in [0.1, 0.15) is 13.2 Å². The molecular formula is C39H68O12. The average molecular weight is 729 g/mol. The van der Waals surface area contributed by atoms with Crippen LogP contribution in [0.1, 0.15) is 176 Å². The van der Waals surface area contributed by atoms with Gasteiger partial charge in [-0.2, -0.15) is 0 Å². The fourth-order valence-corrected chi connectivity index (χ4v) is 5.05. The zero-order valence-corrected chi connectivity index (χ0v) is 32.5. The molecule has 0 saturated heterocycles. The van der Waals surface area contributed by atoms with Crippen molar-refractivity contribution in [3.63, 3.8) is 0 Å². The molecule has 0 aliphatic carbocycles. The summed E-state index contributed by atoms with van der Waals surface area (Å²) in [6.45, 7) is 10.5. The van der Waals surface area contributed by atoms with Crippen LogP contribution < -0.4 is 0 Å². The summed E-state index contributed by atoms with van der Waals surface area (Å²) in [4.78, 5) is 72.2. The van der Waals surface area contributed by atoms with Crippen molar-refractivity contribution in [2.24, 2.45) is 0 Å². The normalized spacial score (nSPS) is 11.2. The number of rotatable bonds is 32. The Labute approximate surface area is 306 Å². The molecule has 0 fully saturated rings. The Balaban J connectivity index is 4.51. The van der Waals surface area contributed by atoms with Crippen molar-refractivity contribution in [2.45, 2.75) is 201 Å². The highest BCUT2D eigenvalue weighted by Crippen LogP contribution is 2.13. The van der Waals surface area contributed by atoms with Gasteiger partial charge in [-0.1, -0.05) is 57.8 Å². The second kappa shape index (κ2) is 31.5. The smallest absolute Gasteiger partial charge is 0.306 e. The first-order valence-electron chi connectivity index (χ1n) is 19.4. The number of carbonyl (C=O) groups excluding carboxylic acids is 6. The molecular weight excluding hydrogens is 660 g/mol. The predicted octanol–water partition coefficient (Wildman–Crippen LogP) is 8.03. The van der Waals surface area contributed by atoms with Gasteiger partial charge >= 0.3 is 35.8 Å². The first kappa shape index (κ1) is 47.8. The molecule has 0 bridgehead atoms. The number of esters is 6. The minimum absolute atomic E-state index is 0.115. The largest absolute Gasteiger partial charge is 0.463 e. The second-order valence-corrected chi connectivity index (χ2v) is 13.9. The highest BCUT2D eigenvalue weighted by molar-refractivity contribution is 5.71. The van der Waals surface area contributed by atoms with Gasteiger partial charge in [0.2, 0.25) is 0 Å². The van der Waals surface area contributed by atoms with E-state index < -0.39 is 24.0 Å². The maximum atomic E-state index is 12.6. The van der Waals surface area contributed by atoms with Crippen molar-refractivity contribution >= 4 is 35.8 Å². The monoisotopic (exact) mass is 728 g/mol.